The molecule has 0 N–H and O–H groups in total. The summed E-state index contributed by atoms with van der Waals surface area (Å²) in [4.78, 5) is 45.6. The molecular weight excluding hydrogens is 560 g/mol. The number of aromatic nitrogens is 1. The number of hydrogen-bond acceptors (Lipinski definition) is 6. The summed E-state index contributed by atoms with van der Waals surface area (Å²) in [6.45, 7) is 3.19. The van der Waals surface area contributed by atoms with Gasteiger partial charge in [-0.2, -0.15) is 0 Å². The molecule has 1 unspecified atom stereocenters. The molecule has 0 saturated carbocycles. The number of aryl methyl sites for hydroxylation is 1. The monoisotopic (exact) mass is 572 g/mol. The Morgan fingerprint density at radius 1 is 1.12 bits per heavy atom. The van der Waals surface area contributed by atoms with Crippen LogP contribution in [0, 0.1) is 6.92 Å². The van der Waals surface area contributed by atoms with Crippen LogP contribution < -0.4 is 10.3 Å². The lowest BCUT2D eigenvalue weighted by Crippen LogP contribution is -2.29. The molecule has 0 spiro atoms. The van der Waals surface area contributed by atoms with Gasteiger partial charge in [0.25, 0.3) is 5.91 Å². The van der Waals surface area contributed by atoms with Gasteiger partial charge < -0.3 is 4.42 Å². The Hall–Kier alpha value is -2.62. The Kier molecular flexibility index (Phi) is 5.15. The molecule has 1 aliphatic heterocycles. The predicted molar refractivity (Wildman–Crippen MR) is 130 cm³/mol. The van der Waals surface area contributed by atoms with Gasteiger partial charge in [0.2, 0.25) is 5.76 Å². The highest BCUT2D eigenvalue weighted by molar-refractivity contribution is 9.10. The molecule has 6 nitrogen and oxygen atoms in total. The van der Waals surface area contributed by atoms with E-state index >= 15 is 0 Å². The first-order valence-electron chi connectivity index (χ1n) is 9.60. The summed E-state index contributed by atoms with van der Waals surface area (Å²) in [6, 6.07) is 11.8. The van der Waals surface area contributed by atoms with E-state index in [0.717, 1.165) is 25.8 Å². The van der Waals surface area contributed by atoms with Crippen molar-refractivity contribution in [2.45, 2.75) is 19.9 Å². The van der Waals surface area contributed by atoms with Crippen LogP contribution in [0.3, 0.4) is 0 Å². The maximum Gasteiger partial charge on any atom is 0.297 e. The van der Waals surface area contributed by atoms with Gasteiger partial charge in [0, 0.05) is 15.9 Å². The summed E-state index contributed by atoms with van der Waals surface area (Å²) in [7, 11) is 0. The summed E-state index contributed by atoms with van der Waals surface area (Å²) in [5.41, 5.74) is 1.59. The van der Waals surface area contributed by atoms with Gasteiger partial charge in [-0.1, -0.05) is 55.3 Å². The number of thiazole rings is 1. The van der Waals surface area contributed by atoms with E-state index < -0.39 is 11.9 Å². The van der Waals surface area contributed by atoms with Crippen LogP contribution in [0.1, 0.15) is 50.0 Å². The zero-order valence-corrected chi connectivity index (χ0v) is 20.8. The number of amides is 1. The number of ketones is 1. The molecule has 1 atom stereocenters. The number of halogens is 2. The van der Waals surface area contributed by atoms with E-state index in [-0.39, 0.29) is 22.5 Å². The van der Waals surface area contributed by atoms with Gasteiger partial charge in [-0.15, -0.1) is 0 Å². The third kappa shape index (κ3) is 3.27. The summed E-state index contributed by atoms with van der Waals surface area (Å²) in [6.07, 6.45) is 0. The highest BCUT2D eigenvalue weighted by Gasteiger charge is 2.45. The minimum Gasteiger partial charge on any atom is -0.450 e. The Bertz CT molecular complexity index is 1510. The molecule has 0 radical (unpaired) electrons. The van der Waals surface area contributed by atoms with Crippen LogP contribution in [0.4, 0.5) is 5.13 Å². The summed E-state index contributed by atoms with van der Waals surface area (Å²) >= 11 is 8.01. The first-order valence-corrected chi connectivity index (χ1v) is 12.0. The molecule has 4 aromatic rings. The summed E-state index contributed by atoms with van der Waals surface area (Å²) in [5.74, 6) is -0.595. The van der Waals surface area contributed by atoms with Gasteiger partial charge in [0.05, 0.1) is 27.6 Å². The number of rotatable bonds is 3. The molecule has 32 heavy (non-hydrogen) atoms. The van der Waals surface area contributed by atoms with Gasteiger partial charge in [-0.25, -0.2) is 4.98 Å². The summed E-state index contributed by atoms with van der Waals surface area (Å²) in [5, 5.41) is 0.728. The van der Waals surface area contributed by atoms with Gasteiger partial charge >= 0.3 is 0 Å². The number of nitrogens with zero attached hydrogens (tertiary/aromatic N) is 2. The maximum atomic E-state index is 13.6. The van der Waals surface area contributed by atoms with Gasteiger partial charge in [-0.3, -0.25) is 19.3 Å². The van der Waals surface area contributed by atoms with Crippen LogP contribution in [0.2, 0.25) is 0 Å². The molecular formula is C23H14Br2N2O4S. The van der Waals surface area contributed by atoms with E-state index in [1.165, 1.54) is 11.8 Å². The average molecular weight is 574 g/mol. The Balaban J connectivity index is 1.82. The molecule has 0 saturated heterocycles. The molecule has 160 valence electrons. The number of fused-ring (bicyclic) bond motifs is 2. The molecule has 2 aromatic heterocycles. The van der Waals surface area contributed by atoms with Crippen molar-refractivity contribution < 1.29 is 14.0 Å². The van der Waals surface area contributed by atoms with E-state index in [9.17, 15) is 14.4 Å². The Morgan fingerprint density at radius 2 is 1.88 bits per heavy atom. The Labute approximate surface area is 203 Å². The smallest absolute Gasteiger partial charge is 0.297 e. The minimum atomic E-state index is -0.736. The van der Waals surface area contributed by atoms with Gasteiger partial charge in [0.15, 0.2) is 16.3 Å². The average Bonchev–Trinajstić information content (AvgIpc) is 3.26. The van der Waals surface area contributed by atoms with Crippen molar-refractivity contribution in [2.24, 2.45) is 0 Å². The number of hydrogen-bond donors (Lipinski definition) is 0. The van der Waals surface area contributed by atoms with Crippen molar-refractivity contribution in [1.29, 1.82) is 0 Å². The van der Waals surface area contributed by atoms with E-state index in [4.69, 9.17) is 4.42 Å². The maximum absolute atomic E-state index is 13.6. The van der Waals surface area contributed by atoms with Crippen LogP contribution >= 0.6 is 43.2 Å². The number of Topliss-reactive ketones (excluding diaryl/α,β-unsaturated/α-hetero) is 1. The molecule has 0 aliphatic carbocycles. The second-order valence-corrected chi connectivity index (χ2v) is 10.2. The van der Waals surface area contributed by atoms with Crippen molar-refractivity contribution in [1.82, 2.24) is 4.98 Å². The second-order valence-electron chi connectivity index (χ2n) is 7.41. The molecule has 9 heteroatoms. The van der Waals surface area contributed by atoms with Crippen LogP contribution in [-0.2, 0) is 0 Å². The Morgan fingerprint density at radius 3 is 2.56 bits per heavy atom. The molecule has 1 aliphatic rings. The van der Waals surface area contributed by atoms with Gasteiger partial charge in [-0.05, 0) is 42.8 Å². The van der Waals surface area contributed by atoms with Gasteiger partial charge in [0.1, 0.15) is 5.58 Å². The van der Waals surface area contributed by atoms with Crippen molar-refractivity contribution in [2.75, 3.05) is 4.90 Å². The third-order valence-corrected chi connectivity index (χ3v) is 7.55. The molecule has 5 rings (SSSR count). The normalized spacial score (nSPS) is 15.4. The van der Waals surface area contributed by atoms with Crippen LogP contribution in [0.15, 0.2) is 60.6 Å². The van der Waals surface area contributed by atoms with Crippen molar-refractivity contribution in [3.05, 3.63) is 89.1 Å². The fourth-order valence-corrected chi connectivity index (χ4v) is 5.71. The first kappa shape index (κ1) is 21.2. The predicted octanol–water partition coefficient (Wildman–Crippen LogP) is 6.04. The van der Waals surface area contributed by atoms with E-state index in [0.29, 0.717) is 26.7 Å². The van der Waals surface area contributed by atoms with Crippen LogP contribution in [-0.4, -0.2) is 16.7 Å². The lowest BCUT2D eigenvalue weighted by Gasteiger charge is -2.22. The number of anilines is 1. The van der Waals surface area contributed by atoms with Crippen molar-refractivity contribution >= 4 is 71.0 Å². The fraction of sp³-hybridized carbons (Fsp3) is 0.130. The molecule has 2 aromatic carbocycles. The van der Waals surface area contributed by atoms with Crippen molar-refractivity contribution in [3.8, 4) is 0 Å². The SMILES string of the molecule is CC(=O)c1sc(N2C(=O)c3oc4ccc(Br)cc4c(=O)c3C2c2cccc(Br)c2)nc1C. The fourth-order valence-electron chi connectivity index (χ4n) is 3.95. The highest BCUT2D eigenvalue weighted by atomic mass is 79.9. The van der Waals surface area contributed by atoms with E-state index in [2.05, 4.69) is 36.8 Å². The first-order chi connectivity index (χ1) is 15.3. The minimum absolute atomic E-state index is 0.00738. The van der Waals surface area contributed by atoms with E-state index in [1.807, 2.05) is 24.3 Å². The molecule has 0 bridgehead atoms. The standard InChI is InChI=1S/C23H14Br2N2O4S/c1-10-21(11(2)28)32-23(26-10)27-18(12-4-3-5-13(24)8-12)17-19(29)15-9-14(25)6-7-16(15)31-20(17)22(27)30/h3-9,18H,1-2H3. The quantitative estimate of drug-likeness (QED) is 0.279. The number of carbonyl (C=O) groups is 2. The zero-order valence-electron chi connectivity index (χ0n) is 16.8. The van der Waals surface area contributed by atoms with Crippen LogP contribution in [0.5, 0.6) is 0 Å². The third-order valence-electron chi connectivity index (χ3n) is 5.31. The molecule has 1 amide bonds. The van der Waals surface area contributed by atoms with Crippen molar-refractivity contribution in [3.63, 3.8) is 0 Å². The number of carbonyl (C=O) groups excluding carboxylic acids is 2. The highest BCUT2D eigenvalue weighted by Crippen LogP contribution is 2.43. The molecule has 0 fully saturated rings. The topological polar surface area (TPSA) is 80.5 Å². The lowest BCUT2D eigenvalue weighted by molar-refractivity contribution is 0.0969. The van der Waals surface area contributed by atoms with Crippen LogP contribution in [0.25, 0.3) is 11.0 Å². The number of benzene rings is 2. The molecule has 3 heterocycles. The second kappa shape index (κ2) is 7.75. The summed E-state index contributed by atoms with van der Waals surface area (Å²) < 4.78 is 7.50. The largest absolute Gasteiger partial charge is 0.450 e. The zero-order chi connectivity index (χ0) is 22.7. The van der Waals surface area contributed by atoms with E-state index in [1.54, 1.807) is 25.1 Å². The lowest BCUT2D eigenvalue weighted by atomic mass is 9.99.